The first kappa shape index (κ1) is 16.1. The Hall–Kier alpha value is -1.78. The SMILES string of the molecule is OCC1CCN(c2ncccc2NCc2cccc(Cl)c2)CC1. The van der Waals surface area contributed by atoms with Gasteiger partial charge in [-0.2, -0.15) is 0 Å². The molecule has 0 amide bonds. The number of nitrogens with zero attached hydrogens (tertiary/aromatic N) is 2. The maximum absolute atomic E-state index is 9.28. The van der Waals surface area contributed by atoms with Crippen LogP contribution in [0, 0.1) is 5.92 Å². The Morgan fingerprint density at radius 3 is 2.78 bits per heavy atom. The number of aromatic nitrogens is 1. The molecule has 1 aliphatic rings. The highest BCUT2D eigenvalue weighted by Gasteiger charge is 2.21. The largest absolute Gasteiger partial charge is 0.396 e. The summed E-state index contributed by atoms with van der Waals surface area (Å²) in [4.78, 5) is 6.86. The van der Waals surface area contributed by atoms with E-state index in [9.17, 15) is 5.11 Å². The molecule has 3 rings (SSSR count). The second-order valence-electron chi connectivity index (χ2n) is 5.97. The van der Waals surface area contributed by atoms with Crippen molar-refractivity contribution in [3.05, 3.63) is 53.2 Å². The smallest absolute Gasteiger partial charge is 0.151 e. The summed E-state index contributed by atoms with van der Waals surface area (Å²) in [6, 6.07) is 11.9. The Bertz CT molecular complexity index is 642. The number of anilines is 2. The van der Waals surface area contributed by atoms with E-state index in [1.165, 1.54) is 0 Å². The first-order valence-corrected chi connectivity index (χ1v) is 8.43. The molecule has 0 unspecified atom stereocenters. The van der Waals surface area contributed by atoms with Gasteiger partial charge in [0, 0.05) is 37.5 Å². The fourth-order valence-electron chi connectivity index (χ4n) is 2.96. The summed E-state index contributed by atoms with van der Waals surface area (Å²) in [5.74, 6) is 1.42. The van der Waals surface area contributed by atoms with Crippen molar-refractivity contribution >= 4 is 23.1 Å². The average Bonchev–Trinajstić information content (AvgIpc) is 2.60. The first-order valence-electron chi connectivity index (χ1n) is 8.05. The fourth-order valence-corrected chi connectivity index (χ4v) is 3.17. The number of pyridine rings is 1. The van der Waals surface area contributed by atoms with E-state index in [0.717, 1.165) is 48.0 Å². The van der Waals surface area contributed by atoms with Crippen LogP contribution >= 0.6 is 11.6 Å². The highest BCUT2D eigenvalue weighted by atomic mass is 35.5. The number of piperidine rings is 1. The zero-order valence-corrected chi connectivity index (χ0v) is 13.8. The Kier molecular flexibility index (Phi) is 5.36. The number of aliphatic hydroxyl groups is 1. The zero-order valence-electron chi connectivity index (χ0n) is 13.1. The molecule has 122 valence electrons. The predicted molar refractivity (Wildman–Crippen MR) is 95.0 cm³/mol. The molecular weight excluding hydrogens is 310 g/mol. The number of hydrogen-bond donors (Lipinski definition) is 2. The summed E-state index contributed by atoms with van der Waals surface area (Å²) >= 11 is 6.04. The van der Waals surface area contributed by atoms with Crippen LogP contribution in [0.15, 0.2) is 42.6 Å². The van der Waals surface area contributed by atoms with Crippen molar-refractivity contribution in [2.45, 2.75) is 19.4 Å². The lowest BCUT2D eigenvalue weighted by Crippen LogP contribution is -2.35. The molecule has 0 atom stereocenters. The van der Waals surface area contributed by atoms with Gasteiger partial charge in [-0.1, -0.05) is 23.7 Å². The highest BCUT2D eigenvalue weighted by Crippen LogP contribution is 2.28. The van der Waals surface area contributed by atoms with Crippen molar-refractivity contribution in [1.29, 1.82) is 0 Å². The number of nitrogens with one attached hydrogen (secondary N) is 1. The summed E-state index contributed by atoms with van der Waals surface area (Å²) < 4.78 is 0. The van der Waals surface area contributed by atoms with E-state index in [0.29, 0.717) is 12.5 Å². The van der Waals surface area contributed by atoms with Crippen molar-refractivity contribution in [3.63, 3.8) is 0 Å². The van der Waals surface area contributed by atoms with Crippen molar-refractivity contribution in [2.75, 3.05) is 29.9 Å². The van der Waals surface area contributed by atoms with Gasteiger partial charge in [-0.3, -0.25) is 0 Å². The fraction of sp³-hybridized carbons (Fsp3) is 0.389. The minimum Gasteiger partial charge on any atom is -0.396 e. The summed E-state index contributed by atoms with van der Waals surface area (Å²) in [6.45, 7) is 2.88. The topological polar surface area (TPSA) is 48.4 Å². The van der Waals surface area contributed by atoms with Gasteiger partial charge < -0.3 is 15.3 Å². The molecule has 4 nitrogen and oxygen atoms in total. The number of aliphatic hydroxyl groups excluding tert-OH is 1. The van der Waals surface area contributed by atoms with Crippen LogP contribution in [0.2, 0.25) is 5.02 Å². The van der Waals surface area contributed by atoms with Crippen LogP contribution in [0.1, 0.15) is 18.4 Å². The lowest BCUT2D eigenvalue weighted by molar-refractivity contribution is 0.203. The van der Waals surface area contributed by atoms with Crippen molar-refractivity contribution in [2.24, 2.45) is 5.92 Å². The van der Waals surface area contributed by atoms with E-state index in [-0.39, 0.29) is 6.61 Å². The third-order valence-electron chi connectivity index (χ3n) is 4.33. The van der Waals surface area contributed by atoms with Gasteiger partial charge in [0.2, 0.25) is 0 Å². The molecule has 2 heterocycles. The Morgan fingerprint density at radius 1 is 1.22 bits per heavy atom. The van der Waals surface area contributed by atoms with Crippen LogP contribution in [0.5, 0.6) is 0 Å². The van der Waals surface area contributed by atoms with Crippen LogP contribution in [0.4, 0.5) is 11.5 Å². The highest BCUT2D eigenvalue weighted by molar-refractivity contribution is 6.30. The lowest BCUT2D eigenvalue weighted by atomic mass is 9.98. The van der Waals surface area contributed by atoms with E-state index in [2.05, 4.69) is 27.3 Å². The van der Waals surface area contributed by atoms with E-state index in [1.54, 1.807) is 0 Å². The van der Waals surface area contributed by atoms with Gasteiger partial charge in [-0.15, -0.1) is 0 Å². The number of hydrogen-bond acceptors (Lipinski definition) is 4. The van der Waals surface area contributed by atoms with Gasteiger partial charge in [0.05, 0.1) is 5.69 Å². The molecule has 1 saturated heterocycles. The molecule has 0 radical (unpaired) electrons. The number of rotatable bonds is 5. The molecule has 5 heteroatoms. The zero-order chi connectivity index (χ0) is 16.1. The summed E-state index contributed by atoms with van der Waals surface area (Å²) in [5.41, 5.74) is 2.18. The minimum atomic E-state index is 0.288. The molecule has 1 fully saturated rings. The van der Waals surface area contributed by atoms with Crippen LogP contribution in [-0.2, 0) is 6.54 Å². The van der Waals surface area contributed by atoms with Gasteiger partial charge >= 0.3 is 0 Å². The molecule has 1 aromatic heterocycles. The van der Waals surface area contributed by atoms with E-state index >= 15 is 0 Å². The van der Waals surface area contributed by atoms with Crippen LogP contribution in [0.3, 0.4) is 0 Å². The van der Waals surface area contributed by atoms with E-state index in [1.807, 2.05) is 30.5 Å². The number of benzene rings is 1. The monoisotopic (exact) mass is 331 g/mol. The molecular formula is C18H22ClN3O. The molecule has 2 aromatic rings. The first-order chi connectivity index (χ1) is 11.3. The molecule has 1 aliphatic heterocycles. The predicted octanol–water partition coefficient (Wildman–Crippen LogP) is 3.56. The Labute approximate surface area is 142 Å². The van der Waals surface area contributed by atoms with Gasteiger partial charge in [-0.25, -0.2) is 4.98 Å². The molecule has 2 N–H and O–H groups in total. The Morgan fingerprint density at radius 2 is 2.04 bits per heavy atom. The third-order valence-corrected chi connectivity index (χ3v) is 4.57. The summed E-state index contributed by atoms with van der Waals surface area (Å²) in [6.07, 6.45) is 3.86. The van der Waals surface area contributed by atoms with Gasteiger partial charge in [0.1, 0.15) is 0 Å². The van der Waals surface area contributed by atoms with Crippen molar-refractivity contribution in [1.82, 2.24) is 4.98 Å². The summed E-state index contributed by atoms with van der Waals surface area (Å²) in [7, 11) is 0. The second kappa shape index (κ2) is 7.66. The Balaban J connectivity index is 1.68. The van der Waals surface area contributed by atoms with Crippen molar-refractivity contribution in [3.8, 4) is 0 Å². The standard InChI is InChI=1S/C18H22ClN3O/c19-16-4-1-3-15(11-16)12-21-17-5-2-8-20-18(17)22-9-6-14(13-23)7-10-22/h1-5,8,11,14,21,23H,6-7,9-10,12-13H2. The van der Waals surface area contributed by atoms with Crippen molar-refractivity contribution < 1.29 is 5.11 Å². The molecule has 0 spiro atoms. The average molecular weight is 332 g/mol. The second-order valence-corrected chi connectivity index (χ2v) is 6.41. The van der Waals surface area contributed by atoms with Gasteiger partial charge in [0.15, 0.2) is 5.82 Å². The lowest BCUT2D eigenvalue weighted by Gasteiger charge is -2.33. The molecule has 0 aliphatic carbocycles. The van der Waals surface area contributed by atoms with E-state index in [4.69, 9.17) is 11.6 Å². The maximum atomic E-state index is 9.28. The molecule has 1 aromatic carbocycles. The molecule has 0 bridgehead atoms. The summed E-state index contributed by atoms with van der Waals surface area (Å²) in [5, 5.41) is 13.5. The number of halogens is 1. The van der Waals surface area contributed by atoms with Crippen LogP contribution < -0.4 is 10.2 Å². The van der Waals surface area contributed by atoms with Crippen LogP contribution in [-0.4, -0.2) is 29.8 Å². The van der Waals surface area contributed by atoms with Gasteiger partial charge in [0.25, 0.3) is 0 Å². The van der Waals surface area contributed by atoms with Gasteiger partial charge in [-0.05, 0) is 48.6 Å². The molecule has 0 saturated carbocycles. The maximum Gasteiger partial charge on any atom is 0.151 e. The van der Waals surface area contributed by atoms with Crippen LogP contribution in [0.25, 0.3) is 0 Å². The third kappa shape index (κ3) is 4.15. The van der Waals surface area contributed by atoms with E-state index < -0.39 is 0 Å². The quantitative estimate of drug-likeness (QED) is 0.879. The normalized spacial score (nSPS) is 15.7. The molecule has 23 heavy (non-hydrogen) atoms. The minimum absolute atomic E-state index is 0.288.